The van der Waals surface area contributed by atoms with Crippen LogP contribution >= 0.6 is 0 Å². The summed E-state index contributed by atoms with van der Waals surface area (Å²) in [6, 6.07) is 4.08. The van der Waals surface area contributed by atoms with Gasteiger partial charge in [-0.2, -0.15) is 13.2 Å². The van der Waals surface area contributed by atoms with Gasteiger partial charge < -0.3 is 9.47 Å². The third-order valence-corrected chi connectivity index (χ3v) is 2.89. The second-order valence-electron chi connectivity index (χ2n) is 4.43. The average Bonchev–Trinajstić information content (AvgIpc) is 2.44. The fraction of sp³-hybridized carbons (Fsp3) is 0.467. The Bertz CT molecular complexity index is 509. The normalized spacial score (nSPS) is 12.6. The smallest absolute Gasteiger partial charge is 0.416 e. The lowest BCUT2D eigenvalue weighted by Gasteiger charge is -2.16. The quantitative estimate of drug-likeness (QED) is 0.755. The van der Waals surface area contributed by atoms with Gasteiger partial charge in [0, 0.05) is 0 Å². The highest BCUT2D eigenvalue weighted by Crippen LogP contribution is 2.31. The van der Waals surface area contributed by atoms with E-state index >= 15 is 0 Å². The number of benzene rings is 1. The minimum absolute atomic E-state index is 0.110. The zero-order valence-electron chi connectivity index (χ0n) is 12.3. The van der Waals surface area contributed by atoms with Gasteiger partial charge in [-0.05, 0) is 31.5 Å². The molecule has 0 aliphatic heterocycles. The SMILES string of the molecule is CCOC(=O)CC(C(=O)OCC)c1ccc(C(F)(F)F)cc1. The Labute approximate surface area is 126 Å². The summed E-state index contributed by atoms with van der Waals surface area (Å²) >= 11 is 0. The average molecular weight is 318 g/mol. The zero-order chi connectivity index (χ0) is 16.8. The predicted octanol–water partition coefficient (Wildman–Crippen LogP) is 3.31. The van der Waals surface area contributed by atoms with E-state index in [4.69, 9.17) is 9.47 Å². The van der Waals surface area contributed by atoms with Crippen molar-refractivity contribution in [3.8, 4) is 0 Å². The largest absolute Gasteiger partial charge is 0.466 e. The van der Waals surface area contributed by atoms with Crippen molar-refractivity contribution in [2.45, 2.75) is 32.4 Å². The van der Waals surface area contributed by atoms with Gasteiger partial charge in [0.1, 0.15) is 0 Å². The Kier molecular flexibility index (Phi) is 6.39. The Morgan fingerprint density at radius 2 is 1.59 bits per heavy atom. The summed E-state index contributed by atoms with van der Waals surface area (Å²) in [6.07, 6.45) is -4.74. The number of hydrogen-bond donors (Lipinski definition) is 0. The molecule has 0 aliphatic carbocycles. The molecule has 122 valence electrons. The molecule has 0 saturated carbocycles. The van der Waals surface area contributed by atoms with Crippen molar-refractivity contribution in [2.75, 3.05) is 13.2 Å². The van der Waals surface area contributed by atoms with Crippen LogP contribution in [0.1, 0.15) is 37.3 Å². The first kappa shape index (κ1) is 18.0. The number of esters is 2. The maximum atomic E-state index is 12.5. The molecule has 7 heteroatoms. The molecule has 0 saturated heterocycles. The molecule has 0 fully saturated rings. The third-order valence-electron chi connectivity index (χ3n) is 2.89. The van der Waals surface area contributed by atoms with E-state index in [1.807, 2.05) is 0 Å². The molecule has 0 N–H and O–H groups in total. The number of alkyl halides is 3. The van der Waals surface area contributed by atoms with Crippen molar-refractivity contribution >= 4 is 11.9 Å². The highest BCUT2D eigenvalue weighted by molar-refractivity contribution is 5.84. The summed E-state index contributed by atoms with van der Waals surface area (Å²) in [5, 5.41) is 0. The summed E-state index contributed by atoms with van der Waals surface area (Å²) < 4.78 is 47.3. The fourth-order valence-electron chi connectivity index (χ4n) is 1.87. The Morgan fingerprint density at radius 1 is 1.05 bits per heavy atom. The van der Waals surface area contributed by atoms with Crippen molar-refractivity contribution in [1.29, 1.82) is 0 Å². The molecule has 0 radical (unpaired) electrons. The number of rotatable bonds is 6. The molecule has 22 heavy (non-hydrogen) atoms. The number of ether oxygens (including phenoxy) is 2. The number of hydrogen-bond acceptors (Lipinski definition) is 4. The molecule has 1 unspecified atom stereocenters. The number of carbonyl (C=O) groups excluding carboxylic acids is 2. The first-order chi connectivity index (χ1) is 10.3. The van der Waals surface area contributed by atoms with Gasteiger partial charge in [0.2, 0.25) is 0 Å². The van der Waals surface area contributed by atoms with Gasteiger partial charge in [-0.1, -0.05) is 12.1 Å². The predicted molar refractivity (Wildman–Crippen MR) is 72.1 cm³/mol. The maximum absolute atomic E-state index is 12.5. The monoisotopic (exact) mass is 318 g/mol. The third kappa shape index (κ3) is 5.05. The van der Waals surface area contributed by atoms with Gasteiger partial charge in [-0.25, -0.2) is 0 Å². The van der Waals surface area contributed by atoms with Crippen molar-refractivity contribution in [2.24, 2.45) is 0 Å². The van der Waals surface area contributed by atoms with Gasteiger partial charge in [0.05, 0.1) is 31.1 Å². The van der Waals surface area contributed by atoms with Gasteiger partial charge in [-0.3, -0.25) is 9.59 Å². The molecule has 0 bridgehead atoms. The van der Waals surface area contributed by atoms with E-state index in [0.29, 0.717) is 0 Å². The lowest BCUT2D eigenvalue weighted by Crippen LogP contribution is -2.20. The molecule has 0 aliphatic rings. The Balaban J connectivity index is 3.00. The van der Waals surface area contributed by atoms with Crippen LogP contribution in [0, 0.1) is 0 Å². The van der Waals surface area contributed by atoms with Gasteiger partial charge in [0.15, 0.2) is 0 Å². The summed E-state index contributed by atoms with van der Waals surface area (Å²) in [7, 11) is 0. The highest BCUT2D eigenvalue weighted by Gasteiger charge is 2.31. The van der Waals surface area contributed by atoms with Crippen LogP contribution in [-0.4, -0.2) is 25.2 Å². The van der Waals surface area contributed by atoms with Crippen LogP contribution in [0.5, 0.6) is 0 Å². The second kappa shape index (κ2) is 7.82. The van der Waals surface area contributed by atoms with E-state index in [2.05, 4.69) is 0 Å². The lowest BCUT2D eigenvalue weighted by molar-refractivity contribution is -0.151. The molecule has 4 nitrogen and oxygen atoms in total. The first-order valence-electron chi connectivity index (χ1n) is 6.79. The van der Waals surface area contributed by atoms with Crippen molar-refractivity contribution < 1.29 is 32.2 Å². The lowest BCUT2D eigenvalue weighted by atomic mass is 9.95. The van der Waals surface area contributed by atoms with E-state index < -0.39 is 29.6 Å². The van der Waals surface area contributed by atoms with E-state index in [1.54, 1.807) is 13.8 Å². The molecular weight excluding hydrogens is 301 g/mol. The molecule has 0 heterocycles. The molecule has 1 atom stereocenters. The summed E-state index contributed by atoms with van der Waals surface area (Å²) in [5.41, 5.74) is -0.547. The molecule has 1 aromatic rings. The zero-order valence-corrected chi connectivity index (χ0v) is 12.3. The topological polar surface area (TPSA) is 52.6 Å². The highest BCUT2D eigenvalue weighted by atomic mass is 19.4. The van der Waals surface area contributed by atoms with E-state index in [1.165, 1.54) is 12.1 Å². The summed E-state index contributed by atoms with van der Waals surface area (Å²) in [6.45, 7) is 3.49. The van der Waals surface area contributed by atoms with Gasteiger partial charge in [0.25, 0.3) is 0 Å². The van der Waals surface area contributed by atoms with E-state index in [9.17, 15) is 22.8 Å². The van der Waals surface area contributed by atoms with Crippen LogP contribution in [0.2, 0.25) is 0 Å². The fourth-order valence-corrected chi connectivity index (χ4v) is 1.87. The minimum Gasteiger partial charge on any atom is -0.466 e. The molecule has 0 spiro atoms. The standard InChI is InChI=1S/C15H17F3O4/c1-3-21-13(19)9-12(14(20)22-4-2)10-5-7-11(8-6-10)15(16,17)18/h5-8,12H,3-4,9H2,1-2H3. The Morgan fingerprint density at radius 3 is 2.05 bits per heavy atom. The van der Waals surface area contributed by atoms with Crippen LogP contribution in [0.15, 0.2) is 24.3 Å². The molecular formula is C15H17F3O4. The van der Waals surface area contributed by atoms with E-state index in [0.717, 1.165) is 12.1 Å². The molecule has 0 aromatic heterocycles. The van der Waals surface area contributed by atoms with Gasteiger partial charge in [-0.15, -0.1) is 0 Å². The van der Waals surface area contributed by atoms with Crippen LogP contribution in [-0.2, 0) is 25.2 Å². The van der Waals surface area contributed by atoms with Crippen LogP contribution in [0.3, 0.4) is 0 Å². The molecule has 1 rings (SSSR count). The number of carbonyl (C=O) groups is 2. The minimum atomic E-state index is -4.46. The van der Waals surface area contributed by atoms with Crippen molar-refractivity contribution in [3.63, 3.8) is 0 Å². The number of halogens is 3. The Hall–Kier alpha value is -2.05. The van der Waals surface area contributed by atoms with Crippen molar-refractivity contribution in [1.82, 2.24) is 0 Å². The molecule has 1 aromatic carbocycles. The van der Waals surface area contributed by atoms with Crippen LogP contribution in [0.25, 0.3) is 0 Å². The maximum Gasteiger partial charge on any atom is 0.416 e. The van der Waals surface area contributed by atoms with Crippen LogP contribution in [0.4, 0.5) is 13.2 Å². The summed E-state index contributed by atoms with van der Waals surface area (Å²) in [4.78, 5) is 23.5. The first-order valence-corrected chi connectivity index (χ1v) is 6.79. The van der Waals surface area contributed by atoms with E-state index in [-0.39, 0.29) is 25.2 Å². The summed E-state index contributed by atoms with van der Waals surface area (Å²) in [5.74, 6) is -2.27. The van der Waals surface area contributed by atoms with Crippen LogP contribution < -0.4 is 0 Å². The van der Waals surface area contributed by atoms with Gasteiger partial charge >= 0.3 is 18.1 Å². The second-order valence-corrected chi connectivity index (χ2v) is 4.43. The molecule has 0 amide bonds. The van der Waals surface area contributed by atoms with Crippen molar-refractivity contribution in [3.05, 3.63) is 35.4 Å².